The number of aromatic nitrogens is 2. The van der Waals surface area contributed by atoms with Crippen LogP contribution >= 0.6 is 11.3 Å². The fraction of sp³-hybridized carbons (Fsp3) is 0.611. The van der Waals surface area contributed by atoms with Crippen LogP contribution in [-0.2, 0) is 24.1 Å². The molecule has 0 N–H and O–H groups in total. The van der Waals surface area contributed by atoms with Gasteiger partial charge in [0.2, 0.25) is 5.78 Å². The van der Waals surface area contributed by atoms with E-state index < -0.39 is 18.4 Å². The van der Waals surface area contributed by atoms with E-state index in [0.717, 1.165) is 54.6 Å². The maximum Gasteiger partial charge on any atom is 0.449 e. The number of nitrogens with zero attached hydrogens (tertiary/aromatic N) is 3. The number of anilines is 1. The molecule has 2 aromatic rings. The van der Waals surface area contributed by atoms with Crippen molar-refractivity contribution >= 4 is 33.2 Å². The number of Topliss-reactive ketones (excluding diaryl/α,β-unsaturated/α-hetero) is 1. The number of carbonyl (C=O) groups excluding carboxylic acids is 1. The van der Waals surface area contributed by atoms with Crippen molar-refractivity contribution in [2.45, 2.75) is 63.6 Å². The second kappa shape index (κ2) is 6.48. The van der Waals surface area contributed by atoms with Gasteiger partial charge in [0.25, 0.3) is 0 Å². The van der Waals surface area contributed by atoms with E-state index in [1.54, 1.807) is 11.3 Å². The molecule has 140 valence electrons. The molecule has 2 heterocycles. The zero-order valence-corrected chi connectivity index (χ0v) is 15.3. The molecule has 4 nitrogen and oxygen atoms in total. The third-order valence-corrected chi connectivity index (χ3v) is 6.35. The molecule has 0 saturated heterocycles. The van der Waals surface area contributed by atoms with E-state index in [1.165, 1.54) is 10.4 Å². The smallest absolute Gasteiger partial charge is 0.356 e. The number of hydrogen-bond donors (Lipinski definition) is 0. The number of aryl methyl sites for hydroxylation is 3. The van der Waals surface area contributed by atoms with Crippen LogP contribution in [0, 0.1) is 0 Å². The highest BCUT2D eigenvalue weighted by molar-refractivity contribution is 7.19. The molecule has 2 aromatic heterocycles. The van der Waals surface area contributed by atoms with E-state index in [4.69, 9.17) is 0 Å². The summed E-state index contributed by atoms with van der Waals surface area (Å²) in [6.45, 7) is 0. The minimum atomic E-state index is -4.79. The molecule has 0 spiro atoms. The summed E-state index contributed by atoms with van der Waals surface area (Å²) in [5.74, 6) is -0.564. The average Bonchev–Trinajstić information content (AvgIpc) is 3.38. The lowest BCUT2D eigenvalue weighted by molar-refractivity contribution is -0.171. The van der Waals surface area contributed by atoms with Gasteiger partial charge in [0.15, 0.2) is 0 Å². The normalized spacial score (nSPS) is 17.4. The summed E-state index contributed by atoms with van der Waals surface area (Å²) in [7, 11) is 2.00. The first-order valence-corrected chi connectivity index (χ1v) is 9.80. The second-order valence-corrected chi connectivity index (χ2v) is 8.20. The van der Waals surface area contributed by atoms with Gasteiger partial charge in [-0.1, -0.05) is 0 Å². The molecule has 0 amide bonds. The summed E-state index contributed by atoms with van der Waals surface area (Å²) in [4.78, 5) is 24.6. The zero-order chi connectivity index (χ0) is 18.5. The van der Waals surface area contributed by atoms with Crippen LogP contribution in [0.4, 0.5) is 19.0 Å². The summed E-state index contributed by atoms with van der Waals surface area (Å²) in [6.07, 6.45) is 1.09. The topological polar surface area (TPSA) is 46.1 Å². The van der Waals surface area contributed by atoms with Gasteiger partial charge < -0.3 is 4.90 Å². The number of rotatable bonds is 5. The largest absolute Gasteiger partial charge is 0.449 e. The molecule has 1 fully saturated rings. The summed E-state index contributed by atoms with van der Waals surface area (Å²) in [5.41, 5.74) is 1.32. The Labute approximate surface area is 153 Å². The van der Waals surface area contributed by atoms with E-state index in [0.29, 0.717) is 11.9 Å². The Hall–Kier alpha value is -1.70. The van der Waals surface area contributed by atoms with Crippen molar-refractivity contribution in [1.29, 1.82) is 0 Å². The number of ketones is 1. The highest BCUT2D eigenvalue weighted by Gasteiger charge is 2.37. The van der Waals surface area contributed by atoms with E-state index in [-0.39, 0.29) is 6.42 Å². The lowest BCUT2D eigenvalue weighted by Gasteiger charge is -2.20. The van der Waals surface area contributed by atoms with Crippen LogP contribution in [0.5, 0.6) is 0 Å². The molecule has 0 bridgehead atoms. The summed E-state index contributed by atoms with van der Waals surface area (Å²) < 4.78 is 37.5. The Balaban J connectivity index is 1.72. The Bertz CT molecular complexity index is 857. The number of alkyl halides is 3. The molecule has 1 saturated carbocycles. The van der Waals surface area contributed by atoms with Gasteiger partial charge in [-0.3, -0.25) is 4.79 Å². The van der Waals surface area contributed by atoms with Gasteiger partial charge in [-0.25, -0.2) is 9.97 Å². The molecule has 26 heavy (non-hydrogen) atoms. The minimum absolute atomic E-state index is 0.0810. The number of halogens is 3. The molecule has 0 unspecified atom stereocenters. The molecule has 2 aliphatic carbocycles. The van der Waals surface area contributed by atoms with Gasteiger partial charge in [0.05, 0.1) is 5.39 Å². The number of thiophene rings is 1. The molecular weight excluding hydrogens is 363 g/mol. The van der Waals surface area contributed by atoms with Crippen molar-refractivity contribution in [2.75, 3.05) is 11.9 Å². The maximum absolute atomic E-state index is 12.5. The Kier molecular flexibility index (Phi) is 4.41. The van der Waals surface area contributed by atoms with Crippen molar-refractivity contribution in [1.82, 2.24) is 9.97 Å². The minimum Gasteiger partial charge on any atom is -0.356 e. The Morgan fingerprint density at radius 3 is 2.65 bits per heavy atom. The van der Waals surface area contributed by atoms with Gasteiger partial charge in [-0.15, -0.1) is 11.3 Å². The molecule has 0 aromatic carbocycles. The standard InChI is InChI=1S/C18H20F3N3OS/c1-24(10-6-7-10)16-15-11-4-2-3-5-12(11)26-17(15)23-14(22-16)9-8-13(25)18(19,20)21/h10H,2-9H2,1H3. The molecule has 8 heteroatoms. The summed E-state index contributed by atoms with van der Waals surface area (Å²) in [6, 6.07) is 0.442. The highest BCUT2D eigenvalue weighted by Crippen LogP contribution is 2.41. The summed E-state index contributed by atoms with van der Waals surface area (Å²) >= 11 is 1.63. The van der Waals surface area contributed by atoms with Crippen molar-refractivity contribution in [3.05, 3.63) is 16.3 Å². The fourth-order valence-corrected chi connectivity index (χ4v) is 4.82. The summed E-state index contributed by atoms with van der Waals surface area (Å²) in [5, 5.41) is 1.07. The molecule has 4 rings (SSSR count). The second-order valence-electron chi connectivity index (χ2n) is 7.12. The van der Waals surface area contributed by atoms with Crippen LogP contribution in [0.15, 0.2) is 0 Å². The first kappa shape index (κ1) is 17.7. The van der Waals surface area contributed by atoms with Crippen LogP contribution in [0.3, 0.4) is 0 Å². The predicted octanol–water partition coefficient (Wildman–Crippen LogP) is 4.23. The van der Waals surface area contributed by atoms with E-state index >= 15 is 0 Å². The van der Waals surface area contributed by atoms with Gasteiger partial charge in [-0.2, -0.15) is 13.2 Å². The zero-order valence-electron chi connectivity index (χ0n) is 14.5. The lowest BCUT2D eigenvalue weighted by Crippen LogP contribution is -2.24. The first-order valence-electron chi connectivity index (χ1n) is 8.98. The molecule has 0 atom stereocenters. The third kappa shape index (κ3) is 3.31. The van der Waals surface area contributed by atoms with E-state index in [1.807, 2.05) is 7.05 Å². The number of hydrogen-bond acceptors (Lipinski definition) is 5. The Morgan fingerprint density at radius 1 is 1.23 bits per heavy atom. The van der Waals surface area contributed by atoms with Gasteiger partial charge in [0, 0.05) is 30.8 Å². The highest BCUT2D eigenvalue weighted by atomic mass is 32.1. The molecule has 2 aliphatic rings. The third-order valence-electron chi connectivity index (χ3n) is 5.16. The molecule has 0 aliphatic heterocycles. The number of fused-ring (bicyclic) bond motifs is 3. The average molecular weight is 383 g/mol. The fourth-order valence-electron chi connectivity index (χ4n) is 3.55. The van der Waals surface area contributed by atoms with Gasteiger partial charge in [-0.05, 0) is 44.1 Å². The number of carbonyl (C=O) groups is 1. The van der Waals surface area contributed by atoms with Crippen LogP contribution in [-0.4, -0.2) is 35.0 Å². The predicted molar refractivity (Wildman–Crippen MR) is 94.9 cm³/mol. The van der Waals surface area contributed by atoms with E-state index in [2.05, 4.69) is 14.9 Å². The monoisotopic (exact) mass is 383 g/mol. The van der Waals surface area contributed by atoms with Crippen LogP contribution in [0.2, 0.25) is 0 Å². The van der Waals surface area contributed by atoms with Gasteiger partial charge in [0.1, 0.15) is 16.5 Å². The van der Waals surface area contributed by atoms with Crippen LogP contribution in [0.25, 0.3) is 10.2 Å². The molecular formula is C18H20F3N3OS. The van der Waals surface area contributed by atoms with Crippen molar-refractivity contribution in [2.24, 2.45) is 0 Å². The van der Waals surface area contributed by atoms with Crippen LogP contribution < -0.4 is 4.90 Å². The van der Waals surface area contributed by atoms with E-state index in [9.17, 15) is 18.0 Å². The van der Waals surface area contributed by atoms with Crippen molar-refractivity contribution in [3.8, 4) is 0 Å². The Morgan fingerprint density at radius 2 is 1.96 bits per heavy atom. The molecule has 0 radical (unpaired) electrons. The van der Waals surface area contributed by atoms with Crippen molar-refractivity contribution < 1.29 is 18.0 Å². The quantitative estimate of drug-likeness (QED) is 0.775. The van der Waals surface area contributed by atoms with Crippen molar-refractivity contribution in [3.63, 3.8) is 0 Å². The lowest BCUT2D eigenvalue weighted by atomic mass is 9.97. The maximum atomic E-state index is 12.5. The first-order chi connectivity index (χ1) is 12.3. The van der Waals surface area contributed by atoms with Crippen LogP contribution in [0.1, 0.15) is 48.4 Å². The van der Waals surface area contributed by atoms with Gasteiger partial charge >= 0.3 is 6.18 Å². The SMILES string of the molecule is CN(c1nc(CCC(=O)C(F)(F)F)nc2sc3c(c12)CCCC3)C1CC1.